The third-order valence-corrected chi connectivity index (χ3v) is 8.74. The molecule has 2 aromatic heterocycles. The van der Waals surface area contributed by atoms with Crippen molar-refractivity contribution >= 4 is 28.6 Å². The van der Waals surface area contributed by atoms with Crippen LogP contribution in [0.2, 0.25) is 0 Å². The van der Waals surface area contributed by atoms with Crippen LogP contribution in [0.4, 0.5) is 14.5 Å². The summed E-state index contributed by atoms with van der Waals surface area (Å²) in [6.07, 6.45) is 2.96. The van der Waals surface area contributed by atoms with Gasteiger partial charge in [-0.3, -0.25) is 14.5 Å². The van der Waals surface area contributed by atoms with Gasteiger partial charge in [0.1, 0.15) is 17.6 Å². The van der Waals surface area contributed by atoms with Gasteiger partial charge in [0.15, 0.2) is 11.6 Å². The van der Waals surface area contributed by atoms with Gasteiger partial charge in [-0.15, -0.1) is 0 Å². The van der Waals surface area contributed by atoms with Gasteiger partial charge >= 0.3 is 5.97 Å². The second kappa shape index (κ2) is 10.9. The molecule has 2 aliphatic heterocycles. The minimum absolute atomic E-state index is 0.0102. The third kappa shape index (κ3) is 4.85. The zero-order valence-corrected chi connectivity index (χ0v) is 23.8. The molecule has 0 aliphatic carbocycles. The summed E-state index contributed by atoms with van der Waals surface area (Å²) in [5.41, 5.74) is 4.52. The lowest BCUT2D eigenvalue weighted by atomic mass is 9.97. The number of carbonyl (C=O) groups excluding carboxylic acids is 1. The van der Waals surface area contributed by atoms with Crippen molar-refractivity contribution in [2.75, 3.05) is 18.0 Å². The quantitative estimate of drug-likeness (QED) is 0.302. The summed E-state index contributed by atoms with van der Waals surface area (Å²) < 4.78 is 35.8. The first-order valence-electron chi connectivity index (χ1n) is 14.3. The summed E-state index contributed by atoms with van der Waals surface area (Å²) in [5, 5.41) is 13.6. The van der Waals surface area contributed by atoms with Gasteiger partial charge in [-0.1, -0.05) is 11.2 Å². The predicted octanol–water partition coefficient (Wildman–Crippen LogP) is 5.95. The summed E-state index contributed by atoms with van der Waals surface area (Å²) in [6, 6.07) is 8.52. The van der Waals surface area contributed by atoms with E-state index in [1.54, 1.807) is 11.8 Å². The van der Waals surface area contributed by atoms with E-state index >= 15 is 0 Å². The Morgan fingerprint density at radius 3 is 2.50 bits per heavy atom. The molecule has 11 heteroatoms. The smallest absolute Gasteiger partial charge is 0.320 e. The number of likely N-dealkylation sites (tertiary alicyclic amines) is 1. The lowest BCUT2D eigenvalue weighted by molar-refractivity contribution is -0.143. The molecule has 2 saturated heterocycles. The Bertz CT molecular complexity index is 1650. The van der Waals surface area contributed by atoms with E-state index in [0.717, 1.165) is 40.0 Å². The number of benzene rings is 2. The Morgan fingerprint density at radius 2 is 1.83 bits per heavy atom. The third-order valence-electron chi connectivity index (χ3n) is 8.74. The second-order valence-electron chi connectivity index (χ2n) is 11.3. The van der Waals surface area contributed by atoms with Crippen LogP contribution in [0.5, 0.6) is 0 Å². The van der Waals surface area contributed by atoms with Gasteiger partial charge in [-0.25, -0.2) is 13.8 Å². The number of amides is 1. The number of hydrogen-bond acceptors (Lipinski definition) is 6. The second-order valence-corrected chi connectivity index (χ2v) is 11.3. The standard InChI is InChI=1S/C31H33F2N5O4/c1-17-29(19(3)42-35-17)20-7-10-26-25(15-20)34-30(38(26)21-11-13-36(14-12-21)18(2)31(40)41)27-5-4-6-28(39)37(27)22-8-9-23(32)24(33)16-22/h7-10,15-16,18,21,27H,4-6,11-14H2,1-3H3,(H,40,41)/t18-,27?/m0/s1. The van der Waals surface area contributed by atoms with Crippen molar-refractivity contribution in [3.05, 3.63) is 65.3 Å². The number of aliphatic carboxylic acids is 1. The van der Waals surface area contributed by atoms with Gasteiger partial charge in [0.05, 0.1) is 22.8 Å². The summed E-state index contributed by atoms with van der Waals surface area (Å²) in [6.45, 7) is 6.65. The number of carboxylic acids is 1. The number of imidazole rings is 1. The maximum absolute atomic E-state index is 14.3. The predicted molar refractivity (Wildman–Crippen MR) is 152 cm³/mol. The molecule has 0 saturated carbocycles. The summed E-state index contributed by atoms with van der Waals surface area (Å²) in [5.74, 6) is -1.62. The first kappa shape index (κ1) is 28.0. The molecule has 0 radical (unpaired) electrons. The fourth-order valence-corrected chi connectivity index (χ4v) is 6.55. The SMILES string of the molecule is Cc1noc(C)c1-c1ccc2c(c1)nc(C1CCCC(=O)N1c1ccc(F)c(F)c1)n2C1CCN([C@@H](C)C(=O)O)CC1. The van der Waals surface area contributed by atoms with E-state index in [9.17, 15) is 23.5 Å². The van der Waals surface area contributed by atoms with E-state index in [4.69, 9.17) is 9.51 Å². The summed E-state index contributed by atoms with van der Waals surface area (Å²) >= 11 is 0. The Morgan fingerprint density at radius 1 is 1.07 bits per heavy atom. The van der Waals surface area contributed by atoms with Gasteiger partial charge < -0.3 is 19.1 Å². The van der Waals surface area contributed by atoms with Crippen molar-refractivity contribution in [2.45, 2.75) is 71.0 Å². The van der Waals surface area contributed by atoms with Crippen LogP contribution in [-0.4, -0.2) is 55.7 Å². The van der Waals surface area contributed by atoms with E-state index < -0.39 is 29.7 Å². The highest BCUT2D eigenvalue weighted by Gasteiger charge is 2.37. The van der Waals surface area contributed by atoms with E-state index in [1.165, 1.54) is 6.07 Å². The first-order valence-corrected chi connectivity index (χ1v) is 14.3. The number of hydrogen-bond donors (Lipinski definition) is 1. The number of piperidine rings is 2. The molecule has 4 aromatic rings. The van der Waals surface area contributed by atoms with Crippen LogP contribution in [-0.2, 0) is 9.59 Å². The van der Waals surface area contributed by atoms with Crippen molar-refractivity contribution in [1.29, 1.82) is 0 Å². The molecular weight excluding hydrogens is 544 g/mol. The molecule has 220 valence electrons. The van der Waals surface area contributed by atoms with Crippen molar-refractivity contribution in [2.24, 2.45) is 0 Å². The molecule has 42 heavy (non-hydrogen) atoms. The van der Waals surface area contributed by atoms with Crippen LogP contribution < -0.4 is 4.90 Å². The number of carboxylic acid groups (broad SMARTS) is 1. The zero-order chi connectivity index (χ0) is 29.7. The fourth-order valence-electron chi connectivity index (χ4n) is 6.55. The van der Waals surface area contributed by atoms with Crippen molar-refractivity contribution in [1.82, 2.24) is 19.6 Å². The molecule has 0 bridgehead atoms. The number of fused-ring (bicyclic) bond motifs is 1. The van der Waals surface area contributed by atoms with Gasteiger partial charge in [-0.2, -0.15) is 0 Å². The van der Waals surface area contributed by atoms with Gasteiger partial charge in [0.2, 0.25) is 5.91 Å². The molecule has 1 N–H and O–H groups in total. The monoisotopic (exact) mass is 577 g/mol. The highest BCUT2D eigenvalue weighted by molar-refractivity contribution is 5.95. The molecule has 2 aliphatic rings. The van der Waals surface area contributed by atoms with E-state index in [1.807, 2.05) is 36.9 Å². The number of halogens is 2. The molecule has 1 amide bonds. The van der Waals surface area contributed by atoms with E-state index in [2.05, 4.69) is 9.72 Å². The maximum atomic E-state index is 14.3. The van der Waals surface area contributed by atoms with Crippen LogP contribution >= 0.6 is 0 Å². The van der Waals surface area contributed by atoms with E-state index in [-0.39, 0.29) is 11.9 Å². The van der Waals surface area contributed by atoms with Crippen molar-refractivity contribution in [3.8, 4) is 11.1 Å². The topological polar surface area (TPSA) is 105 Å². The van der Waals surface area contributed by atoms with Crippen LogP contribution in [0.15, 0.2) is 40.9 Å². The Labute approximate surface area is 241 Å². The number of carbonyl (C=O) groups is 2. The number of nitrogens with zero attached hydrogens (tertiary/aromatic N) is 5. The summed E-state index contributed by atoms with van der Waals surface area (Å²) in [4.78, 5) is 33.6. The molecule has 1 unspecified atom stereocenters. The van der Waals surface area contributed by atoms with Crippen LogP contribution in [0.1, 0.15) is 68.4 Å². The maximum Gasteiger partial charge on any atom is 0.320 e. The van der Waals surface area contributed by atoms with Crippen molar-refractivity contribution < 1.29 is 28.0 Å². The Kier molecular flexibility index (Phi) is 7.30. The number of anilines is 1. The number of aromatic nitrogens is 3. The highest BCUT2D eigenvalue weighted by atomic mass is 19.2. The minimum Gasteiger partial charge on any atom is -0.480 e. The van der Waals surface area contributed by atoms with E-state index in [0.29, 0.717) is 62.5 Å². The average molecular weight is 578 g/mol. The first-order chi connectivity index (χ1) is 20.1. The molecule has 6 rings (SSSR count). The van der Waals surface area contributed by atoms with Crippen LogP contribution in [0, 0.1) is 25.5 Å². The number of rotatable bonds is 6. The van der Waals surface area contributed by atoms with Crippen LogP contribution in [0.25, 0.3) is 22.2 Å². The van der Waals surface area contributed by atoms with Gasteiger partial charge in [0.25, 0.3) is 0 Å². The molecule has 2 fully saturated rings. The number of aryl methyl sites for hydroxylation is 2. The average Bonchev–Trinajstić information content (AvgIpc) is 3.52. The fraction of sp³-hybridized carbons (Fsp3) is 0.419. The zero-order valence-electron chi connectivity index (χ0n) is 23.8. The van der Waals surface area contributed by atoms with Crippen LogP contribution in [0.3, 0.4) is 0 Å². The Balaban J connectivity index is 1.47. The molecule has 0 spiro atoms. The lowest BCUT2D eigenvalue weighted by Gasteiger charge is -2.39. The largest absolute Gasteiger partial charge is 0.480 e. The van der Waals surface area contributed by atoms with Gasteiger partial charge in [-0.05, 0) is 76.3 Å². The van der Waals surface area contributed by atoms with Crippen molar-refractivity contribution in [3.63, 3.8) is 0 Å². The molecule has 9 nitrogen and oxygen atoms in total. The molecule has 2 aromatic carbocycles. The Hall–Kier alpha value is -4.12. The highest BCUT2D eigenvalue weighted by Crippen LogP contribution is 2.41. The lowest BCUT2D eigenvalue weighted by Crippen LogP contribution is -2.45. The molecular formula is C31H33F2N5O4. The molecule has 2 atom stereocenters. The van der Waals surface area contributed by atoms with Gasteiger partial charge in [0, 0.05) is 42.9 Å². The minimum atomic E-state index is -1.01. The molecule has 4 heterocycles. The summed E-state index contributed by atoms with van der Waals surface area (Å²) in [7, 11) is 0. The normalized spacial score (nSPS) is 19.5.